The summed E-state index contributed by atoms with van der Waals surface area (Å²) in [6.45, 7) is 0.567. The molecule has 1 aromatic carbocycles. The lowest BCUT2D eigenvalue weighted by molar-refractivity contribution is -0.143. The van der Waals surface area contributed by atoms with Crippen LogP contribution in [0.5, 0.6) is 11.5 Å². The first kappa shape index (κ1) is 16.1. The second kappa shape index (κ2) is 6.83. The van der Waals surface area contributed by atoms with Gasteiger partial charge in [0.25, 0.3) is 0 Å². The molecule has 4 rings (SSSR count). The van der Waals surface area contributed by atoms with Crippen molar-refractivity contribution < 1.29 is 19.4 Å². The molecule has 0 fully saturated rings. The van der Waals surface area contributed by atoms with Gasteiger partial charge in [-0.1, -0.05) is 6.07 Å². The highest BCUT2D eigenvalue weighted by Gasteiger charge is 2.25. The first-order valence-corrected chi connectivity index (χ1v) is 8.10. The molecule has 1 atom stereocenters. The van der Waals surface area contributed by atoms with Crippen molar-refractivity contribution in [2.75, 3.05) is 6.61 Å². The van der Waals surface area contributed by atoms with Crippen LogP contribution in [0.15, 0.2) is 49.2 Å². The van der Waals surface area contributed by atoms with Crippen molar-refractivity contribution in [3.05, 3.63) is 60.3 Å². The fourth-order valence-electron chi connectivity index (χ4n) is 2.78. The van der Waals surface area contributed by atoms with Crippen molar-refractivity contribution in [2.24, 2.45) is 5.92 Å². The number of benzene rings is 1. The van der Waals surface area contributed by atoms with Crippen molar-refractivity contribution in [3.63, 3.8) is 0 Å². The van der Waals surface area contributed by atoms with E-state index in [4.69, 9.17) is 14.6 Å². The summed E-state index contributed by atoms with van der Waals surface area (Å²) in [6, 6.07) is 9.31. The molecule has 8 heteroatoms. The first-order chi connectivity index (χ1) is 12.7. The van der Waals surface area contributed by atoms with Gasteiger partial charge in [0.1, 0.15) is 37.4 Å². The minimum absolute atomic E-state index is 0.210. The van der Waals surface area contributed by atoms with Gasteiger partial charge in [-0.2, -0.15) is 5.10 Å². The van der Waals surface area contributed by atoms with Crippen LogP contribution in [0.2, 0.25) is 0 Å². The molecule has 3 heterocycles. The average molecular weight is 352 g/mol. The number of aliphatic carboxylic acids is 1. The molecule has 0 aliphatic carbocycles. The molecule has 2 aromatic heterocycles. The number of nitrogens with zero attached hydrogens (tertiary/aromatic N) is 4. The van der Waals surface area contributed by atoms with E-state index in [1.54, 1.807) is 23.3 Å². The maximum absolute atomic E-state index is 11.2. The quantitative estimate of drug-likeness (QED) is 0.748. The minimum atomic E-state index is -0.837. The summed E-state index contributed by atoms with van der Waals surface area (Å²) in [4.78, 5) is 19.3. The number of rotatable bonds is 5. The molecular weight excluding hydrogens is 336 g/mol. The van der Waals surface area contributed by atoms with E-state index in [0.717, 1.165) is 16.9 Å². The number of aromatic nitrogens is 4. The van der Waals surface area contributed by atoms with E-state index < -0.39 is 11.9 Å². The Balaban J connectivity index is 1.42. The van der Waals surface area contributed by atoms with Crippen LogP contribution < -0.4 is 9.47 Å². The van der Waals surface area contributed by atoms with Crippen LogP contribution in [0.25, 0.3) is 5.82 Å². The van der Waals surface area contributed by atoms with Gasteiger partial charge in [-0.05, 0) is 41.8 Å². The number of hydrogen-bond acceptors (Lipinski definition) is 6. The second-order valence-corrected chi connectivity index (χ2v) is 5.97. The molecule has 1 unspecified atom stereocenters. The summed E-state index contributed by atoms with van der Waals surface area (Å²) in [6.07, 6.45) is 5.11. The van der Waals surface area contributed by atoms with Crippen LogP contribution in [0.1, 0.15) is 11.1 Å². The Labute approximate surface area is 149 Å². The predicted molar refractivity (Wildman–Crippen MR) is 90.3 cm³/mol. The molecule has 0 saturated carbocycles. The topological polar surface area (TPSA) is 99.4 Å². The SMILES string of the molecule is O=C(O)C1COc2ccc(COc3ccc(-n4cncn4)nc3)cc2C1. The maximum atomic E-state index is 11.2. The zero-order chi connectivity index (χ0) is 17.9. The van der Waals surface area contributed by atoms with E-state index in [-0.39, 0.29) is 6.61 Å². The highest BCUT2D eigenvalue weighted by molar-refractivity contribution is 5.71. The molecular formula is C18H16N4O4. The summed E-state index contributed by atoms with van der Waals surface area (Å²) in [5.74, 6) is 0.680. The average Bonchev–Trinajstić information content (AvgIpc) is 3.21. The third-order valence-corrected chi connectivity index (χ3v) is 4.16. The van der Waals surface area contributed by atoms with Crippen LogP contribution in [-0.4, -0.2) is 37.4 Å². The zero-order valence-corrected chi connectivity index (χ0v) is 13.8. The van der Waals surface area contributed by atoms with Crippen LogP contribution in [0, 0.1) is 5.92 Å². The van der Waals surface area contributed by atoms with Crippen LogP contribution in [-0.2, 0) is 17.8 Å². The Hall–Kier alpha value is -3.42. The van der Waals surface area contributed by atoms with Gasteiger partial charge < -0.3 is 14.6 Å². The van der Waals surface area contributed by atoms with Crippen LogP contribution >= 0.6 is 0 Å². The molecule has 0 saturated heterocycles. The zero-order valence-electron chi connectivity index (χ0n) is 13.8. The third-order valence-electron chi connectivity index (χ3n) is 4.16. The van der Waals surface area contributed by atoms with Gasteiger partial charge >= 0.3 is 5.97 Å². The number of carboxylic acids is 1. The van der Waals surface area contributed by atoms with Crippen LogP contribution in [0.4, 0.5) is 0 Å². The van der Waals surface area contributed by atoms with Crippen molar-refractivity contribution in [1.29, 1.82) is 0 Å². The Bertz CT molecular complexity index is 909. The number of carboxylic acid groups (broad SMARTS) is 1. The number of pyridine rings is 1. The lowest BCUT2D eigenvalue weighted by atomic mass is 9.95. The number of ether oxygens (including phenoxy) is 2. The van der Waals surface area contributed by atoms with E-state index in [2.05, 4.69) is 15.1 Å². The molecule has 0 bridgehead atoms. The Kier molecular flexibility index (Phi) is 4.22. The largest absolute Gasteiger partial charge is 0.492 e. The summed E-state index contributed by atoms with van der Waals surface area (Å²) >= 11 is 0. The lowest BCUT2D eigenvalue weighted by Crippen LogP contribution is -2.27. The third kappa shape index (κ3) is 3.34. The van der Waals surface area contributed by atoms with Gasteiger partial charge in [0.2, 0.25) is 0 Å². The molecule has 26 heavy (non-hydrogen) atoms. The maximum Gasteiger partial charge on any atom is 0.310 e. The van der Waals surface area contributed by atoms with Crippen molar-refractivity contribution >= 4 is 5.97 Å². The van der Waals surface area contributed by atoms with Crippen LogP contribution in [0.3, 0.4) is 0 Å². The van der Waals surface area contributed by atoms with Gasteiger partial charge in [-0.3, -0.25) is 4.79 Å². The number of hydrogen-bond donors (Lipinski definition) is 1. The smallest absolute Gasteiger partial charge is 0.310 e. The van der Waals surface area contributed by atoms with Crippen molar-refractivity contribution in [1.82, 2.24) is 19.7 Å². The van der Waals surface area contributed by atoms with Crippen molar-refractivity contribution in [2.45, 2.75) is 13.0 Å². The normalized spacial score (nSPS) is 15.8. The molecule has 0 spiro atoms. The van der Waals surface area contributed by atoms with E-state index in [1.165, 1.54) is 6.33 Å². The van der Waals surface area contributed by atoms with Gasteiger partial charge in [0, 0.05) is 0 Å². The molecule has 0 amide bonds. The summed E-state index contributed by atoms with van der Waals surface area (Å²) in [5.41, 5.74) is 1.84. The molecule has 8 nitrogen and oxygen atoms in total. The number of carbonyl (C=O) groups is 1. The van der Waals surface area contributed by atoms with Gasteiger partial charge in [-0.25, -0.2) is 14.6 Å². The van der Waals surface area contributed by atoms with Gasteiger partial charge in [0.05, 0.1) is 12.1 Å². The minimum Gasteiger partial charge on any atom is -0.492 e. The monoisotopic (exact) mass is 352 g/mol. The van der Waals surface area contributed by atoms with E-state index in [0.29, 0.717) is 24.6 Å². The van der Waals surface area contributed by atoms with Gasteiger partial charge in [0.15, 0.2) is 5.82 Å². The summed E-state index contributed by atoms with van der Waals surface area (Å²) in [5, 5.41) is 13.2. The molecule has 3 aromatic rings. The molecule has 132 valence electrons. The fourth-order valence-corrected chi connectivity index (χ4v) is 2.78. The summed E-state index contributed by atoms with van der Waals surface area (Å²) in [7, 11) is 0. The first-order valence-electron chi connectivity index (χ1n) is 8.10. The fraction of sp³-hybridized carbons (Fsp3) is 0.222. The van der Waals surface area contributed by atoms with Gasteiger partial charge in [-0.15, -0.1) is 0 Å². The lowest BCUT2D eigenvalue weighted by Gasteiger charge is -2.23. The molecule has 1 N–H and O–H groups in total. The highest BCUT2D eigenvalue weighted by atomic mass is 16.5. The standard InChI is InChI=1S/C18H16N4O4/c23-18(24)14-6-13-5-12(1-3-16(13)26-9-14)8-25-15-2-4-17(20-7-15)22-11-19-10-21-22/h1-5,7,10-11,14H,6,8-9H2,(H,23,24). The second-order valence-electron chi connectivity index (χ2n) is 5.97. The van der Waals surface area contributed by atoms with Crippen molar-refractivity contribution in [3.8, 4) is 17.3 Å². The Morgan fingerprint density at radius 1 is 1.35 bits per heavy atom. The van der Waals surface area contributed by atoms with E-state index in [1.807, 2.05) is 24.3 Å². The summed E-state index contributed by atoms with van der Waals surface area (Å²) < 4.78 is 12.8. The molecule has 1 aliphatic heterocycles. The van der Waals surface area contributed by atoms with E-state index in [9.17, 15) is 4.79 Å². The molecule has 0 radical (unpaired) electrons. The highest BCUT2D eigenvalue weighted by Crippen LogP contribution is 2.28. The molecule has 1 aliphatic rings. The predicted octanol–water partition coefficient (Wildman–Crippen LogP) is 1.88. The Morgan fingerprint density at radius 3 is 3.00 bits per heavy atom. The Morgan fingerprint density at radius 2 is 2.27 bits per heavy atom. The number of fused-ring (bicyclic) bond motifs is 1. The van der Waals surface area contributed by atoms with E-state index >= 15 is 0 Å².